The van der Waals surface area contributed by atoms with Gasteiger partial charge in [-0.1, -0.05) is 12.1 Å². The molecule has 0 spiro atoms. The van der Waals surface area contributed by atoms with Crippen molar-refractivity contribution in [2.75, 3.05) is 31.6 Å². The van der Waals surface area contributed by atoms with Gasteiger partial charge in [-0.15, -0.1) is 0 Å². The third-order valence-corrected chi connectivity index (χ3v) is 2.91. The summed E-state index contributed by atoms with van der Waals surface area (Å²) in [5.74, 6) is -0.401. The van der Waals surface area contributed by atoms with E-state index in [0.717, 1.165) is 18.7 Å². The second kappa shape index (κ2) is 5.53. The number of ether oxygens (including phenoxy) is 1. The predicted octanol–water partition coefficient (Wildman–Crippen LogP) is 0.799. The molecule has 96 valence electrons. The molecule has 0 unspecified atom stereocenters. The van der Waals surface area contributed by atoms with Gasteiger partial charge in [-0.05, 0) is 18.6 Å². The molecule has 1 saturated heterocycles. The number of anilines is 1. The Labute approximate surface area is 106 Å². The third kappa shape index (κ3) is 2.61. The van der Waals surface area contributed by atoms with Gasteiger partial charge in [-0.2, -0.15) is 0 Å². The minimum atomic E-state index is -0.379. The summed E-state index contributed by atoms with van der Waals surface area (Å²) >= 11 is 0. The number of rotatable bonds is 2. The predicted molar refractivity (Wildman–Crippen MR) is 67.6 cm³/mol. The molecule has 1 amide bonds. The van der Waals surface area contributed by atoms with Crippen LogP contribution < -0.4 is 10.2 Å². The number of nitrogens with zero attached hydrogens (tertiary/aromatic N) is 1. The lowest BCUT2D eigenvalue weighted by Gasteiger charge is -2.23. The van der Waals surface area contributed by atoms with Crippen LogP contribution >= 0.6 is 0 Å². The maximum atomic E-state index is 11.7. The first kappa shape index (κ1) is 12.4. The summed E-state index contributed by atoms with van der Waals surface area (Å²) in [7, 11) is 1.36. The van der Waals surface area contributed by atoms with Crippen LogP contribution in [0.25, 0.3) is 0 Å². The van der Waals surface area contributed by atoms with Crippen LogP contribution in [0.3, 0.4) is 0 Å². The smallest absolute Gasteiger partial charge is 0.339 e. The summed E-state index contributed by atoms with van der Waals surface area (Å²) in [6, 6.07) is 7.19. The van der Waals surface area contributed by atoms with E-state index >= 15 is 0 Å². The topological polar surface area (TPSA) is 58.6 Å². The normalized spacial score (nSPS) is 15.8. The molecule has 1 aliphatic rings. The molecule has 1 heterocycles. The molecule has 0 aliphatic carbocycles. The van der Waals surface area contributed by atoms with Gasteiger partial charge in [0.15, 0.2) is 0 Å². The summed E-state index contributed by atoms with van der Waals surface area (Å²) in [6.45, 7) is 1.69. The number of carbonyl (C=O) groups excluding carboxylic acids is 2. The first-order chi connectivity index (χ1) is 8.72. The monoisotopic (exact) mass is 248 g/mol. The molecule has 18 heavy (non-hydrogen) atoms. The molecule has 0 radical (unpaired) electrons. The molecule has 0 bridgehead atoms. The Bertz CT molecular complexity index is 459. The first-order valence-corrected chi connectivity index (χ1v) is 5.91. The van der Waals surface area contributed by atoms with Crippen molar-refractivity contribution in [3.8, 4) is 0 Å². The molecule has 5 heteroatoms. The van der Waals surface area contributed by atoms with Crippen molar-refractivity contribution in [3.63, 3.8) is 0 Å². The number of esters is 1. The summed E-state index contributed by atoms with van der Waals surface area (Å²) in [5, 5.41) is 2.81. The Balaban J connectivity index is 2.31. The zero-order valence-electron chi connectivity index (χ0n) is 10.3. The standard InChI is InChI=1S/C13H16N2O3/c1-18-13(17)10-5-2-3-6-11(10)15-8-4-7-14-12(16)9-15/h2-3,5-6H,4,7-9H2,1H3,(H,14,16). The number of nitrogens with one attached hydrogen (secondary N) is 1. The van der Waals surface area contributed by atoms with Crippen molar-refractivity contribution < 1.29 is 14.3 Å². The van der Waals surface area contributed by atoms with Crippen LogP contribution in [0.1, 0.15) is 16.8 Å². The molecule has 0 atom stereocenters. The van der Waals surface area contributed by atoms with Crippen molar-refractivity contribution in [2.24, 2.45) is 0 Å². The third-order valence-electron chi connectivity index (χ3n) is 2.91. The molecule has 1 N–H and O–H groups in total. The van der Waals surface area contributed by atoms with Gasteiger partial charge in [0.1, 0.15) is 0 Å². The Morgan fingerprint density at radius 3 is 2.94 bits per heavy atom. The summed E-state index contributed by atoms with van der Waals surface area (Å²) in [6.07, 6.45) is 0.862. The maximum Gasteiger partial charge on any atom is 0.339 e. The van der Waals surface area contributed by atoms with E-state index in [1.807, 2.05) is 17.0 Å². The quantitative estimate of drug-likeness (QED) is 0.786. The number of methoxy groups -OCH3 is 1. The van der Waals surface area contributed by atoms with Crippen LogP contribution in [-0.2, 0) is 9.53 Å². The molecule has 1 fully saturated rings. The molecule has 1 aromatic carbocycles. The van der Waals surface area contributed by atoms with Crippen molar-refractivity contribution >= 4 is 17.6 Å². The number of para-hydroxylation sites is 1. The number of hydrogen-bond donors (Lipinski definition) is 1. The van der Waals surface area contributed by atoms with Crippen LogP contribution in [-0.4, -0.2) is 38.6 Å². The molecular formula is C13H16N2O3. The number of amides is 1. The fourth-order valence-corrected chi connectivity index (χ4v) is 2.04. The SMILES string of the molecule is COC(=O)c1ccccc1N1CCCNC(=O)C1. The van der Waals surface area contributed by atoms with Crippen molar-refractivity contribution in [3.05, 3.63) is 29.8 Å². The Kier molecular flexibility index (Phi) is 3.82. The first-order valence-electron chi connectivity index (χ1n) is 5.91. The van der Waals surface area contributed by atoms with Crippen LogP contribution in [0.4, 0.5) is 5.69 Å². The zero-order chi connectivity index (χ0) is 13.0. The van der Waals surface area contributed by atoms with Gasteiger partial charge in [0.05, 0.1) is 24.9 Å². The van der Waals surface area contributed by atoms with E-state index in [-0.39, 0.29) is 18.4 Å². The van der Waals surface area contributed by atoms with E-state index < -0.39 is 0 Å². The fraction of sp³-hybridized carbons (Fsp3) is 0.385. The number of hydrogen-bond acceptors (Lipinski definition) is 4. The molecule has 5 nitrogen and oxygen atoms in total. The van der Waals surface area contributed by atoms with Crippen molar-refractivity contribution in [2.45, 2.75) is 6.42 Å². The van der Waals surface area contributed by atoms with Gasteiger partial charge in [0, 0.05) is 13.1 Å². The molecule has 1 aromatic rings. The number of carbonyl (C=O) groups is 2. The molecule has 0 aromatic heterocycles. The average molecular weight is 248 g/mol. The molecule has 0 saturated carbocycles. The Hall–Kier alpha value is -2.04. The fourth-order valence-electron chi connectivity index (χ4n) is 2.04. The molecule has 2 rings (SSSR count). The summed E-state index contributed by atoms with van der Waals surface area (Å²) in [5.41, 5.74) is 1.25. The van der Waals surface area contributed by atoms with Crippen LogP contribution in [0, 0.1) is 0 Å². The Morgan fingerprint density at radius 1 is 1.39 bits per heavy atom. The Morgan fingerprint density at radius 2 is 2.17 bits per heavy atom. The van der Waals surface area contributed by atoms with Gasteiger partial charge >= 0.3 is 5.97 Å². The van der Waals surface area contributed by atoms with Gasteiger partial charge in [0.2, 0.25) is 5.91 Å². The van der Waals surface area contributed by atoms with E-state index in [4.69, 9.17) is 4.74 Å². The van der Waals surface area contributed by atoms with Gasteiger partial charge in [-0.3, -0.25) is 4.79 Å². The lowest BCUT2D eigenvalue weighted by Crippen LogP contribution is -2.33. The van der Waals surface area contributed by atoms with E-state index in [9.17, 15) is 9.59 Å². The van der Waals surface area contributed by atoms with Crippen LogP contribution in [0.5, 0.6) is 0 Å². The molecular weight excluding hydrogens is 232 g/mol. The van der Waals surface area contributed by atoms with E-state index in [1.165, 1.54) is 7.11 Å². The maximum absolute atomic E-state index is 11.7. The summed E-state index contributed by atoms with van der Waals surface area (Å²) in [4.78, 5) is 25.2. The zero-order valence-corrected chi connectivity index (χ0v) is 10.3. The van der Waals surface area contributed by atoms with E-state index in [2.05, 4.69) is 5.32 Å². The second-order valence-corrected chi connectivity index (χ2v) is 4.13. The van der Waals surface area contributed by atoms with E-state index in [1.54, 1.807) is 12.1 Å². The minimum Gasteiger partial charge on any atom is -0.465 e. The van der Waals surface area contributed by atoms with E-state index in [0.29, 0.717) is 12.1 Å². The lowest BCUT2D eigenvalue weighted by molar-refractivity contribution is -0.119. The highest BCUT2D eigenvalue weighted by atomic mass is 16.5. The number of benzene rings is 1. The highest BCUT2D eigenvalue weighted by Crippen LogP contribution is 2.21. The lowest BCUT2D eigenvalue weighted by atomic mass is 10.1. The van der Waals surface area contributed by atoms with Crippen LogP contribution in [0.2, 0.25) is 0 Å². The highest BCUT2D eigenvalue weighted by Gasteiger charge is 2.20. The van der Waals surface area contributed by atoms with Gasteiger partial charge < -0.3 is 15.0 Å². The highest BCUT2D eigenvalue weighted by molar-refractivity contribution is 5.96. The largest absolute Gasteiger partial charge is 0.465 e. The van der Waals surface area contributed by atoms with Crippen molar-refractivity contribution in [1.29, 1.82) is 0 Å². The second-order valence-electron chi connectivity index (χ2n) is 4.13. The van der Waals surface area contributed by atoms with Crippen molar-refractivity contribution in [1.82, 2.24) is 5.32 Å². The summed E-state index contributed by atoms with van der Waals surface area (Å²) < 4.78 is 4.76. The molecule has 1 aliphatic heterocycles. The van der Waals surface area contributed by atoms with Gasteiger partial charge in [0.25, 0.3) is 0 Å². The average Bonchev–Trinajstić information content (AvgIpc) is 2.62. The minimum absolute atomic E-state index is 0.0211. The van der Waals surface area contributed by atoms with Gasteiger partial charge in [-0.25, -0.2) is 4.79 Å². The van der Waals surface area contributed by atoms with Crippen LogP contribution in [0.15, 0.2) is 24.3 Å².